The van der Waals surface area contributed by atoms with Gasteiger partial charge in [-0.05, 0) is 29.0 Å². The summed E-state index contributed by atoms with van der Waals surface area (Å²) in [5, 5.41) is 11.1. The van der Waals surface area contributed by atoms with Gasteiger partial charge < -0.3 is 16.2 Å². The van der Waals surface area contributed by atoms with E-state index in [0.29, 0.717) is 11.1 Å². The zero-order chi connectivity index (χ0) is 24.1. The normalized spacial score (nSPS) is 15.1. The van der Waals surface area contributed by atoms with E-state index in [2.05, 4.69) is 10.3 Å². The first kappa shape index (κ1) is 26.0. The molecule has 4 N–H and O–H groups in total. The zero-order valence-corrected chi connectivity index (χ0v) is 18.3. The molecule has 1 aromatic heterocycles. The van der Waals surface area contributed by atoms with Crippen LogP contribution in [0.5, 0.6) is 0 Å². The number of nitrogens with two attached hydrogens (primary N) is 1. The highest BCUT2D eigenvalue weighted by molar-refractivity contribution is 8.00. The first-order valence-electron chi connectivity index (χ1n) is 9.06. The average Bonchev–Trinajstić information content (AvgIpc) is 2.74. The summed E-state index contributed by atoms with van der Waals surface area (Å²) in [7, 11) is -3.51. The fourth-order valence-electron chi connectivity index (χ4n) is 2.67. The third-order valence-corrected chi connectivity index (χ3v) is 6.28. The topological polar surface area (TPSA) is 122 Å². The van der Waals surface area contributed by atoms with Gasteiger partial charge in [0.1, 0.15) is 12.8 Å². The number of carbonyl (C=O) groups excluding carboxylic acids is 1. The van der Waals surface area contributed by atoms with Gasteiger partial charge in [-0.3, -0.25) is 9.78 Å². The minimum atomic E-state index is -4.60. The molecule has 32 heavy (non-hydrogen) atoms. The third kappa shape index (κ3) is 7.43. The number of nitrogens with one attached hydrogen (secondary N) is 1. The van der Waals surface area contributed by atoms with Gasteiger partial charge in [0.05, 0.1) is 17.5 Å². The van der Waals surface area contributed by atoms with E-state index >= 15 is 0 Å². The lowest BCUT2D eigenvalue weighted by atomic mass is 9.99. The molecule has 2 rings (SSSR count). The molecule has 1 aromatic carbocycles. The monoisotopic (exact) mass is 495 g/mol. The van der Waals surface area contributed by atoms with Crippen molar-refractivity contribution in [2.24, 2.45) is 5.73 Å². The van der Waals surface area contributed by atoms with Gasteiger partial charge in [0, 0.05) is 18.0 Å². The molecule has 1 heterocycles. The van der Waals surface area contributed by atoms with Crippen LogP contribution in [0.4, 0.5) is 17.6 Å². The molecule has 1 amide bonds. The Hall–Kier alpha value is -2.22. The van der Waals surface area contributed by atoms with Gasteiger partial charge in [-0.15, -0.1) is 0 Å². The van der Waals surface area contributed by atoms with Crippen LogP contribution in [-0.4, -0.2) is 54.6 Å². The highest BCUT2D eigenvalue weighted by Crippen LogP contribution is 2.30. The van der Waals surface area contributed by atoms with Gasteiger partial charge >= 0.3 is 5.51 Å². The Labute approximate surface area is 186 Å². The summed E-state index contributed by atoms with van der Waals surface area (Å²) < 4.78 is 72.9. The number of aliphatic hydroxyl groups is 1. The Morgan fingerprint density at radius 3 is 2.25 bits per heavy atom. The van der Waals surface area contributed by atoms with E-state index in [0.717, 1.165) is 6.26 Å². The second kappa shape index (κ2) is 10.6. The van der Waals surface area contributed by atoms with Crippen molar-refractivity contribution in [3.05, 3.63) is 53.9 Å². The molecule has 176 valence electrons. The summed E-state index contributed by atoms with van der Waals surface area (Å²) in [6, 6.07) is 7.77. The fraction of sp³-hybridized carbons (Fsp3) is 0.368. The third-order valence-electron chi connectivity index (χ3n) is 4.39. The Kier molecular flexibility index (Phi) is 8.62. The van der Waals surface area contributed by atoms with Crippen LogP contribution in [-0.2, 0) is 14.6 Å². The van der Waals surface area contributed by atoms with Crippen LogP contribution in [0.25, 0.3) is 11.1 Å². The molecule has 2 aromatic rings. The van der Waals surface area contributed by atoms with Crippen molar-refractivity contribution in [2.45, 2.75) is 23.0 Å². The number of carbonyl (C=O) groups is 1. The van der Waals surface area contributed by atoms with Crippen LogP contribution >= 0.6 is 11.8 Å². The van der Waals surface area contributed by atoms with Crippen LogP contribution in [0, 0.1) is 0 Å². The number of nitrogens with zero attached hydrogens (tertiary/aromatic N) is 1. The Morgan fingerprint density at radius 1 is 1.19 bits per heavy atom. The summed E-state index contributed by atoms with van der Waals surface area (Å²) >= 11 is -0.558. The van der Waals surface area contributed by atoms with Crippen molar-refractivity contribution in [1.82, 2.24) is 10.3 Å². The molecule has 1 unspecified atom stereocenters. The molecular weight excluding hydrogens is 474 g/mol. The van der Waals surface area contributed by atoms with Crippen molar-refractivity contribution >= 4 is 27.5 Å². The number of amides is 1. The van der Waals surface area contributed by atoms with Gasteiger partial charge in [0.25, 0.3) is 0 Å². The van der Waals surface area contributed by atoms with E-state index in [-0.39, 0.29) is 11.3 Å². The second-order valence-corrected chi connectivity index (χ2v) is 10.1. The molecule has 0 spiro atoms. The molecule has 13 heteroatoms. The lowest BCUT2D eigenvalue weighted by Gasteiger charge is -2.22. The number of aliphatic hydroxyl groups excluding tert-OH is 1. The Bertz CT molecular complexity index is 1020. The molecule has 3 atom stereocenters. The number of hydrogen-bond donors (Lipinski definition) is 3. The summed E-state index contributed by atoms with van der Waals surface area (Å²) in [4.78, 5) is 15.7. The quantitative estimate of drug-likeness (QED) is 0.457. The summed E-state index contributed by atoms with van der Waals surface area (Å²) in [6.45, 7) is -1.18. The van der Waals surface area contributed by atoms with Crippen molar-refractivity contribution < 1.29 is 35.9 Å². The van der Waals surface area contributed by atoms with Crippen LogP contribution in [0.3, 0.4) is 0 Å². The summed E-state index contributed by atoms with van der Waals surface area (Å²) in [5.74, 6) is -2.00. The molecule has 0 saturated heterocycles. The van der Waals surface area contributed by atoms with Crippen molar-refractivity contribution in [1.29, 1.82) is 0 Å². The average molecular weight is 496 g/mol. The number of alkyl halides is 4. The highest BCUT2D eigenvalue weighted by Gasteiger charge is 2.30. The lowest BCUT2D eigenvalue weighted by Crippen LogP contribution is -2.42. The lowest BCUT2D eigenvalue weighted by molar-refractivity contribution is -0.120. The number of halogens is 4. The Morgan fingerprint density at radius 2 is 1.78 bits per heavy atom. The molecule has 7 nitrogen and oxygen atoms in total. The van der Waals surface area contributed by atoms with Gasteiger partial charge in [0.15, 0.2) is 15.2 Å². The van der Waals surface area contributed by atoms with Gasteiger partial charge in [-0.2, -0.15) is 13.2 Å². The van der Waals surface area contributed by atoms with E-state index in [9.17, 15) is 35.9 Å². The first-order chi connectivity index (χ1) is 14.8. The van der Waals surface area contributed by atoms with E-state index in [1.165, 1.54) is 24.4 Å². The molecule has 0 fully saturated rings. The second-order valence-electron chi connectivity index (χ2n) is 6.85. The van der Waals surface area contributed by atoms with Crippen LogP contribution < -0.4 is 11.1 Å². The number of aromatic nitrogens is 1. The van der Waals surface area contributed by atoms with E-state index in [1.807, 2.05) is 0 Å². The molecule has 0 aliphatic heterocycles. The summed E-state index contributed by atoms with van der Waals surface area (Å²) in [6.07, 6.45) is 0.941. The SMILES string of the molecule is CS(=O)(=O)C(N)c1ccc(-c2ccc([C@@H](O)[C@@H](CF)NC(=O)CSC(F)(F)F)cc2)cn1. The molecular formula is C19H21F4N3O4S2. The number of pyridine rings is 1. The first-order valence-corrected chi connectivity index (χ1v) is 12.0. The Balaban J connectivity index is 2.07. The van der Waals surface area contributed by atoms with Crippen LogP contribution in [0.2, 0.25) is 0 Å². The van der Waals surface area contributed by atoms with Crippen molar-refractivity contribution in [3.63, 3.8) is 0 Å². The minimum Gasteiger partial charge on any atom is -0.386 e. The fourth-order valence-corrected chi connectivity index (χ4v) is 3.62. The molecule has 0 bridgehead atoms. The number of rotatable bonds is 9. The summed E-state index contributed by atoms with van der Waals surface area (Å²) in [5.41, 5.74) is 2.72. The predicted octanol–water partition coefficient (Wildman–Crippen LogP) is 2.49. The number of hydrogen-bond acceptors (Lipinski definition) is 7. The minimum absolute atomic E-state index is 0.175. The maximum Gasteiger partial charge on any atom is 0.442 e. The van der Waals surface area contributed by atoms with E-state index < -0.39 is 63.0 Å². The van der Waals surface area contributed by atoms with E-state index in [1.54, 1.807) is 18.2 Å². The van der Waals surface area contributed by atoms with Gasteiger partial charge in [-0.1, -0.05) is 30.3 Å². The molecule has 0 aliphatic carbocycles. The van der Waals surface area contributed by atoms with E-state index in [4.69, 9.17) is 5.73 Å². The number of sulfone groups is 1. The largest absolute Gasteiger partial charge is 0.442 e. The maximum atomic E-state index is 13.3. The number of thioether (sulfide) groups is 1. The predicted molar refractivity (Wildman–Crippen MR) is 113 cm³/mol. The van der Waals surface area contributed by atoms with Crippen LogP contribution in [0.15, 0.2) is 42.6 Å². The standard InChI is InChI=1S/C19H21F4N3O4S2/c1-32(29,30)18(24)14-7-6-13(9-25-14)11-2-4-12(5-3-11)17(28)15(8-20)26-16(27)10-31-19(21,22)23/h2-7,9,15,17-18,28H,8,10,24H2,1H3,(H,26,27)/t15-,17-,18?/m1/s1. The van der Waals surface area contributed by atoms with Crippen molar-refractivity contribution in [2.75, 3.05) is 18.7 Å². The number of benzene rings is 1. The zero-order valence-electron chi connectivity index (χ0n) is 16.7. The molecule has 0 saturated carbocycles. The smallest absolute Gasteiger partial charge is 0.386 e. The van der Waals surface area contributed by atoms with Crippen molar-refractivity contribution in [3.8, 4) is 11.1 Å². The maximum absolute atomic E-state index is 13.3. The highest BCUT2D eigenvalue weighted by atomic mass is 32.2. The van der Waals surface area contributed by atoms with Gasteiger partial charge in [0.2, 0.25) is 5.91 Å². The van der Waals surface area contributed by atoms with Gasteiger partial charge in [-0.25, -0.2) is 12.8 Å². The molecule has 0 aliphatic rings. The molecule has 0 radical (unpaired) electrons. The van der Waals surface area contributed by atoms with Crippen LogP contribution in [0.1, 0.15) is 22.7 Å².